The largest absolute Gasteiger partial charge is 0.468 e. The molecule has 1 heterocycles. The van der Waals surface area contributed by atoms with E-state index in [1.165, 1.54) is 7.11 Å². The van der Waals surface area contributed by atoms with E-state index in [0.717, 1.165) is 25.9 Å². The van der Waals surface area contributed by atoms with Crippen LogP contribution in [0, 0.1) is 5.92 Å². The van der Waals surface area contributed by atoms with Crippen molar-refractivity contribution in [2.24, 2.45) is 5.92 Å². The molecule has 1 unspecified atom stereocenters. The first-order chi connectivity index (χ1) is 7.60. The van der Waals surface area contributed by atoms with Gasteiger partial charge in [-0.25, -0.2) is 0 Å². The van der Waals surface area contributed by atoms with E-state index in [9.17, 15) is 9.59 Å². The lowest BCUT2D eigenvalue weighted by molar-refractivity contribution is -0.147. The van der Waals surface area contributed by atoms with Gasteiger partial charge in [-0.1, -0.05) is 0 Å². The molecule has 1 fully saturated rings. The number of ether oxygens (including phenoxy) is 1. The predicted octanol–water partition coefficient (Wildman–Crippen LogP) is 0.00590. The van der Waals surface area contributed by atoms with Crippen LogP contribution in [0.5, 0.6) is 0 Å². The number of hydrogen-bond donors (Lipinski definition) is 1. The summed E-state index contributed by atoms with van der Waals surface area (Å²) in [6, 6.07) is -0.212. The highest BCUT2D eigenvalue weighted by Gasteiger charge is 2.29. The maximum Gasteiger partial charge on any atom is 0.322 e. The van der Waals surface area contributed by atoms with Crippen LogP contribution in [-0.2, 0) is 14.3 Å². The summed E-state index contributed by atoms with van der Waals surface area (Å²) >= 11 is 0. The SMILES string of the molecule is CNC(=O)C1CCN(C(C)C(=O)OC)CC1. The highest BCUT2D eigenvalue weighted by atomic mass is 16.5. The van der Waals surface area contributed by atoms with Crippen molar-refractivity contribution in [2.45, 2.75) is 25.8 Å². The fourth-order valence-electron chi connectivity index (χ4n) is 2.07. The normalized spacial score (nSPS) is 20.2. The number of carbonyl (C=O) groups is 2. The first kappa shape index (κ1) is 13.0. The number of hydrogen-bond acceptors (Lipinski definition) is 4. The van der Waals surface area contributed by atoms with Crippen molar-refractivity contribution >= 4 is 11.9 Å². The summed E-state index contributed by atoms with van der Waals surface area (Å²) in [7, 11) is 3.06. The van der Waals surface area contributed by atoms with E-state index in [1.807, 2.05) is 6.92 Å². The molecule has 16 heavy (non-hydrogen) atoms. The molecular formula is C11H20N2O3. The van der Waals surface area contributed by atoms with Gasteiger partial charge >= 0.3 is 5.97 Å². The first-order valence-electron chi connectivity index (χ1n) is 5.63. The van der Waals surface area contributed by atoms with E-state index in [4.69, 9.17) is 4.74 Å². The minimum absolute atomic E-state index is 0.0890. The highest BCUT2D eigenvalue weighted by molar-refractivity contribution is 5.78. The molecule has 1 aliphatic heterocycles. The second kappa shape index (κ2) is 5.84. The zero-order valence-electron chi connectivity index (χ0n) is 10.2. The Balaban J connectivity index is 2.42. The number of esters is 1. The summed E-state index contributed by atoms with van der Waals surface area (Å²) in [5, 5.41) is 2.66. The highest BCUT2D eigenvalue weighted by Crippen LogP contribution is 2.19. The molecule has 0 saturated carbocycles. The third-order valence-corrected chi connectivity index (χ3v) is 3.24. The maximum absolute atomic E-state index is 11.4. The minimum Gasteiger partial charge on any atom is -0.468 e. The second-order valence-corrected chi connectivity index (χ2v) is 4.12. The van der Waals surface area contributed by atoms with Crippen LogP contribution in [0.3, 0.4) is 0 Å². The summed E-state index contributed by atoms with van der Waals surface area (Å²) < 4.78 is 4.70. The van der Waals surface area contributed by atoms with Gasteiger partial charge in [0.05, 0.1) is 7.11 Å². The van der Waals surface area contributed by atoms with Crippen molar-refractivity contribution in [3.63, 3.8) is 0 Å². The fourth-order valence-corrected chi connectivity index (χ4v) is 2.07. The second-order valence-electron chi connectivity index (χ2n) is 4.12. The number of piperidine rings is 1. The van der Waals surface area contributed by atoms with Crippen LogP contribution in [0.2, 0.25) is 0 Å². The van der Waals surface area contributed by atoms with Gasteiger partial charge in [0.25, 0.3) is 0 Å². The summed E-state index contributed by atoms with van der Waals surface area (Å²) in [5.74, 6) is -0.0186. The third-order valence-electron chi connectivity index (χ3n) is 3.24. The number of carbonyl (C=O) groups excluding carboxylic acids is 2. The molecular weight excluding hydrogens is 208 g/mol. The molecule has 0 aromatic carbocycles. The van der Waals surface area contributed by atoms with E-state index < -0.39 is 0 Å². The molecule has 1 atom stereocenters. The van der Waals surface area contributed by atoms with Crippen molar-refractivity contribution in [1.82, 2.24) is 10.2 Å². The minimum atomic E-state index is -0.212. The zero-order chi connectivity index (χ0) is 12.1. The number of methoxy groups -OCH3 is 1. The molecule has 0 aromatic rings. The van der Waals surface area contributed by atoms with Crippen LogP contribution in [-0.4, -0.2) is 50.1 Å². The molecule has 92 valence electrons. The lowest BCUT2D eigenvalue weighted by Gasteiger charge is -2.33. The van der Waals surface area contributed by atoms with Gasteiger partial charge in [0.2, 0.25) is 5.91 Å². The van der Waals surface area contributed by atoms with Crippen molar-refractivity contribution in [3.8, 4) is 0 Å². The topological polar surface area (TPSA) is 58.6 Å². The molecule has 1 rings (SSSR count). The molecule has 0 aromatic heterocycles. The van der Waals surface area contributed by atoms with E-state index in [0.29, 0.717) is 0 Å². The summed E-state index contributed by atoms with van der Waals surface area (Å²) in [6.45, 7) is 3.38. The average Bonchev–Trinajstić information content (AvgIpc) is 2.36. The Morgan fingerprint density at radius 1 is 1.38 bits per heavy atom. The summed E-state index contributed by atoms with van der Waals surface area (Å²) in [6.07, 6.45) is 1.61. The van der Waals surface area contributed by atoms with Crippen LogP contribution in [0.4, 0.5) is 0 Å². The van der Waals surface area contributed by atoms with E-state index in [-0.39, 0.29) is 23.8 Å². The van der Waals surface area contributed by atoms with Gasteiger partial charge in [0.15, 0.2) is 0 Å². The van der Waals surface area contributed by atoms with Gasteiger partial charge < -0.3 is 10.1 Å². The smallest absolute Gasteiger partial charge is 0.322 e. The van der Waals surface area contributed by atoms with Gasteiger partial charge in [-0.2, -0.15) is 0 Å². The molecule has 1 amide bonds. The predicted molar refractivity (Wildman–Crippen MR) is 59.8 cm³/mol. The number of nitrogens with one attached hydrogen (secondary N) is 1. The van der Waals surface area contributed by atoms with Crippen LogP contribution >= 0.6 is 0 Å². The van der Waals surface area contributed by atoms with Gasteiger partial charge in [-0.15, -0.1) is 0 Å². The van der Waals surface area contributed by atoms with Crippen molar-refractivity contribution in [2.75, 3.05) is 27.2 Å². The van der Waals surface area contributed by atoms with Crippen LogP contribution in [0.25, 0.3) is 0 Å². The molecule has 0 spiro atoms. The molecule has 1 aliphatic rings. The van der Waals surface area contributed by atoms with E-state index >= 15 is 0 Å². The van der Waals surface area contributed by atoms with Gasteiger partial charge in [0.1, 0.15) is 6.04 Å². The number of rotatable bonds is 3. The average molecular weight is 228 g/mol. The van der Waals surface area contributed by atoms with Crippen LogP contribution in [0.1, 0.15) is 19.8 Å². The lowest BCUT2D eigenvalue weighted by Crippen LogP contribution is -2.46. The van der Waals surface area contributed by atoms with Crippen molar-refractivity contribution < 1.29 is 14.3 Å². The Labute approximate surface area is 96.1 Å². The first-order valence-corrected chi connectivity index (χ1v) is 5.63. The fraction of sp³-hybridized carbons (Fsp3) is 0.818. The Hall–Kier alpha value is -1.10. The Morgan fingerprint density at radius 2 is 1.94 bits per heavy atom. The monoisotopic (exact) mass is 228 g/mol. The number of nitrogens with zero attached hydrogens (tertiary/aromatic N) is 1. The lowest BCUT2D eigenvalue weighted by atomic mass is 9.95. The molecule has 5 nitrogen and oxygen atoms in total. The standard InChI is InChI=1S/C11H20N2O3/c1-8(11(15)16-3)13-6-4-9(5-7-13)10(14)12-2/h8-9H,4-7H2,1-3H3,(H,12,14). The molecule has 5 heteroatoms. The molecule has 1 saturated heterocycles. The Bertz CT molecular complexity index is 260. The zero-order valence-corrected chi connectivity index (χ0v) is 10.2. The third kappa shape index (κ3) is 2.95. The summed E-state index contributed by atoms with van der Waals surface area (Å²) in [4.78, 5) is 24.8. The molecule has 0 radical (unpaired) electrons. The van der Waals surface area contributed by atoms with Gasteiger partial charge in [0, 0.05) is 13.0 Å². The van der Waals surface area contributed by atoms with Crippen LogP contribution < -0.4 is 5.32 Å². The number of likely N-dealkylation sites (tertiary alicyclic amines) is 1. The van der Waals surface area contributed by atoms with Crippen molar-refractivity contribution in [1.29, 1.82) is 0 Å². The van der Waals surface area contributed by atoms with Crippen molar-refractivity contribution in [3.05, 3.63) is 0 Å². The van der Waals surface area contributed by atoms with Gasteiger partial charge in [-0.05, 0) is 32.9 Å². The molecule has 0 bridgehead atoms. The Kier molecular flexibility index (Phi) is 4.73. The molecule has 1 N–H and O–H groups in total. The van der Waals surface area contributed by atoms with Crippen LogP contribution in [0.15, 0.2) is 0 Å². The number of amides is 1. The maximum atomic E-state index is 11.4. The van der Waals surface area contributed by atoms with E-state index in [2.05, 4.69) is 10.2 Å². The quantitative estimate of drug-likeness (QED) is 0.691. The van der Waals surface area contributed by atoms with E-state index in [1.54, 1.807) is 7.05 Å². The van der Waals surface area contributed by atoms with Gasteiger partial charge in [-0.3, -0.25) is 14.5 Å². The summed E-state index contributed by atoms with van der Waals surface area (Å²) in [5.41, 5.74) is 0. The molecule has 0 aliphatic carbocycles. The Morgan fingerprint density at radius 3 is 2.38 bits per heavy atom.